The van der Waals surface area contributed by atoms with E-state index in [0.29, 0.717) is 22.8 Å². The molecule has 31 heavy (non-hydrogen) atoms. The molecule has 8 heteroatoms. The lowest BCUT2D eigenvalue weighted by Gasteiger charge is -2.42. The molecule has 0 saturated heterocycles. The number of hydrogen-bond acceptors (Lipinski definition) is 6. The summed E-state index contributed by atoms with van der Waals surface area (Å²) in [6.45, 7) is 4.81. The van der Waals surface area contributed by atoms with Gasteiger partial charge in [0.05, 0.1) is 17.8 Å². The molecule has 160 valence electrons. The van der Waals surface area contributed by atoms with E-state index >= 15 is 0 Å². The number of aromatic nitrogens is 1. The highest BCUT2D eigenvalue weighted by atomic mass is 16.5. The van der Waals surface area contributed by atoms with Crippen molar-refractivity contribution in [1.29, 1.82) is 0 Å². The molecule has 0 radical (unpaired) electrons. The lowest BCUT2D eigenvalue weighted by Crippen LogP contribution is -2.60. The number of fused-ring (bicyclic) bond motifs is 2. The van der Waals surface area contributed by atoms with Crippen molar-refractivity contribution < 1.29 is 23.5 Å². The molecular weight excluding hydrogens is 398 g/mol. The highest BCUT2D eigenvalue weighted by Gasteiger charge is 2.45. The van der Waals surface area contributed by atoms with Crippen LogP contribution < -0.4 is 10.2 Å². The molecule has 1 N–H and O–H groups in total. The Morgan fingerprint density at radius 3 is 2.65 bits per heavy atom. The summed E-state index contributed by atoms with van der Waals surface area (Å²) >= 11 is 0. The summed E-state index contributed by atoms with van der Waals surface area (Å²) < 4.78 is 11.0. The van der Waals surface area contributed by atoms with E-state index in [4.69, 9.17) is 9.15 Å². The standard InChI is InChI=1S/C23H23N3O5/c1-14(30-20(27)13-12-19-24-16-9-5-7-11-18(16)31-19)21(28)26-17-10-6-4-8-15(17)25-22(29)23(26,2)3/h4-11,14H,12-13H2,1-3H3,(H,25,29)/t14-/m0/s1. The van der Waals surface area contributed by atoms with Crippen molar-refractivity contribution in [3.63, 3.8) is 0 Å². The second-order valence-corrected chi connectivity index (χ2v) is 7.91. The number of hydrogen-bond donors (Lipinski definition) is 1. The van der Waals surface area contributed by atoms with E-state index in [1.54, 1.807) is 44.2 Å². The number of benzene rings is 2. The Labute approximate surface area is 179 Å². The number of carbonyl (C=O) groups excluding carboxylic acids is 3. The van der Waals surface area contributed by atoms with E-state index in [1.807, 2.05) is 18.2 Å². The van der Waals surface area contributed by atoms with Crippen LogP contribution in [0.3, 0.4) is 0 Å². The molecule has 1 aliphatic heterocycles. The molecule has 0 saturated carbocycles. The molecule has 8 nitrogen and oxygen atoms in total. The lowest BCUT2D eigenvalue weighted by atomic mass is 9.95. The quantitative estimate of drug-likeness (QED) is 0.633. The Morgan fingerprint density at radius 1 is 1.16 bits per heavy atom. The first-order valence-corrected chi connectivity index (χ1v) is 10.1. The number of ether oxygens (including phenoxy) is 1. The Morgan fingerprint density at radius 2 is 1.87 bits per heavy atom. The summed E-state index contributed by atoms with van der Waals surface area (Å²) in [5.74, 6) is -0.896. The number of amides is 2. The Balaban J connectivity index is 1.44. The van der Waals surface area contributed by atoms with Crippen LogP contribution in [-0.2, 0) is 25.5 Å². The summed E-state index contributed by atoms with van der Waals surface area (Å²) in [6.07, 6.45) is -0.783. The molecule has 3 aromatic rings. The third-order valence-corrected chi connectivity index (χ3v) is 5.27. The van der Waals surface area contributed by atoms with E-state index in [0.717, 1.165) is 5.52 Å². The fourth-order valence-electron chi connectivity index (χ4n) is 3.57. The van der Waals surface area contributed by atoms with Gasteiger partial charge in [0.25, 0.3) is 5.91 Å². The van der Waals surface area contributed by atoms with Crippen LogP contribution in [0, 0.1) is 0 Å². The minimum Gasteiger partial charge on any atom is -0.453 e. The number of nitrogens with zero attached hydrogens (tertiary/aromatic N) is 2. The van der Waals surface area contributed by atoms with Gasteiger partial charge in [0, 0.05) is 6.42 Å². The predicted molar refractivity (Wildman–Crippen MR) is 115 cm³/mol. The number of oxazole rings is 1. The average molecular weight is 421 g/mol. The van der Waals surface area contributed by atoms with Gasteiger partial charge in [-0.15, -0.1) is 0 Å². The predicted octanol–water partition coefficient (Wildman–Crippen LogP) is 3.46. The van der Waals surface area contributed by atoms with Crippen LogP contribution in [0.2, 0.25) is 0 Å². The normalized spacial score (nSPS) is 15.8. The molecule has 0 fully saturated rings. The fourth-order valence-corrected chi connectivity index (χ4v) is 3.57. The SMILES string of the molecule is C[C@H](OC(=O)CCc1nc2ccccc2o1)C(=O)N1c2ccccc2NC(=O)C1(C)C. The zero-order valence-corrected chi connectivity index (χ0v) is 17.5. The van der Waals surface area contributed by atoms with Gasteiger partial charge in [0.2, 0.25) is 5.91 Å². The summed E-state index contributed by atoms with van der Waals surface area (Å²) in [5.41, 5.74) is 1.34. The summed E-state index contributed by atoms with van der Waals surface area (Å²) in [4.78, 5) is 43.8. The van der Waals surface area contributed by atoms with Crippen LogP contribution in [0.5, 0.6) is 0 Å². The second-order valence-electron chi connectivity index (χ2n) is 7.91. The van der Waals surface area contributed by atoms with Crippen molar-refractivity contribution in [2.45, 2.75) is 45.3 Å². The van der Waals surface area contributed by atoms with Gasteiger partial charge in [0.1, 0.15) is 11.1 Å². The molecule has 0 spiro atoms. The molecule has 1 aliphatic rings. The van der Waals surface area contributed by atoms with Gasteiger partial charge in [-0.3, -0.25) is 19.3 Å². The fraction of sp³-hybridized carbons (Fsp3) is 0.304. The highest BCUT2D eigenvalue weighted by Crippen LogP contribution is 2.37. The van der Waals surface area contributed by atoms with Gasteiger partial charge in [-0.25, -0.2) is 4.98 Å². The third-order valence-electron chi connectivity index (χ3n) is 5.27. The van der Waals surface area contributed by atoms with E-state index in [1.165, 1.54) is 11.8 Å². The van der Waals surface area contributed by atoms with Crippen LogP contribution in [0.1, 0.15) is 33.1 Å². The van der Waals surface area contributed by atoms with Crippen molar-refractivity contribution in [3.05, 3.63) is 54.4 Å². The number of anilines is 2. The molecule has 0 unspecified atom stereocenters. The van der Waals surface area contributed by atoms with E-state index in [9.17, 15) is 14.4 Å². The van der Waals surface area contributed by atoms with Crippen LogP contribution in [0.15, 0.2) is 52.9 Å². The average Bonchev–Trinajstić information content (AvgIpc) is 3.15. The van der Waals surface area contributed by atoms with Crippen molar-refractivity contribution in [2.75, 3.05) is 10.2 Å². The third kappa shape index (κ3) is 3.88. The van der Waals surface area contributed by atoms with Gasteiger partial charge in [-0.2, -0.15) is 0 Å². The molecule has 4 rings (SSSR count). The Bertz CT molecular complexity index is 1130. The molecule has 1 aromatic heterocycles. The minimum absolute atomic E-state index is 0.0188. The van der Waals surface area contributed by atoms with Crippen LogP contribution in [0.25, 0.3) is 11.1 Å². The topological polar surface area (TPSA) is 102 Å². The maximum atomic E-state index is 13.2. The number of para-hydroxylation sites is 4. The van der Waals surface area contributed by atoms with E-state index in [2.05, 4.69) is 10.3 Å². The maximum absolute atomic E-state index is 13.2. The summed E-state index contributed by atoms with van der Waals surface area (Å²) in [7, 11) is 0. The van der Waals surface area contributed by atoms with Gasteiger partial charge in [-0.05, 0) is 45.0 Å². The molecule has 2 amide bonds. The number of rotatable bonds is 5. The maximum Gasteiger partial charge on any atom is 0.307 e. The zero-order chi connectivity index (χ0) is 22.2. The van der Waals surface area contributed by atoms with Gasteiger partial charge in [-0.1, -0.05) is 24.3 Å². The molecule has 2 heterocycles. The first kappa shape index (κ1) is 20.6. The van der Waals surface area contributed by atoms with Gasteiger partial charge < -0.3 is 14.5 Å². The van der Waals surface area contributed by atoms with Crippen LogP contribution in [-0.4, -0.2) is 34.4 Å². The summed E-state index contributed by atoms with van der Waals surface area (Å²) in [5, 5.41) is 2.81. The zero-order valence-electron chi connectivity index (χ0n) is 17.5. The molecule has 0 bridgehead atoms. The monoisotopic (exact) mass is 421 g/mol. The van der Waals surface area contributed by atoms with E-state index < -0.39 is 23.5 Å². The van der Waals surface area contributed by atoms with Gasteiger partial charge >= 0.3 is 5.97 Å². The summed E-state index contributed by atoms with van der Waals surface area (Å²) in [6, 6.07) is 14.4. The first-order chi connectivity index (χ1) is 14.8. The molecule has 1 atom stereocenters. The molecular formula is C23H23N3O5. The smallest absolute Gasteiger partial charge is 0.307 e. The lowest BCUT2D eigenvalue weighted by molar-refractivity contribution is -0.154. The van der Waals surface area contributed by atoms with Crippen molar-refractivity contribution >= 4 is 40.3 Å². The van der Waals surface area contributed by atoms with Crippen LogP contribution >= 0.6 is 0 Å². The van der Waals surface area contributed by atoms with Crippen molar-refractivity contribution in [1.82, 2.24) is 4.98 Å². The van der Waals surface area contributed by atoms with E-state index in [-0.39, 0.29) is 18.7 Å². The Hall–Kier alpha value is -3.68. The number of carbonyl (C=O) groups is 3. The number of aryl methyl sites for hydroxylation is 1. The van der Waals surface area contributed by atoms with Crippen molar-refractivity contribution in [3.8, 4) is 0 Å². The minimum atomic E-state index is -1.13. The van der Waals surface area contributed by atoms with Crippen molar-refractivity contribution in [2.24, 2.45) is 0 Å². The highest BCUT2D eigenvalue weighted by molar-refractivity contribution is 6.15. The Kier molecular flexibility index (Phi) is 5.22. The van der Waals surface area contributed by atoms with Crippen LogP contribution in [0.4, 0.5) is 11.4 Å². The van der Waals surface area contributed by atoms with Gasteiger partial charge in [0.15, 0.2) is 17.6 Å². The largest absolute Gasteiger partial charge is 0.453 e. The second kappa shape index (κ2) is 7.86. The number of esters is 1. The molecule has 2 aromatic carbocycles. The number of nitrogens with one attached hydrogen (secondary N) is 1. The first-order valence-electron chi connectivity index (χ1n) is 10.1. The molecule has 0 aliphatic carbocycles.